The average Bonchev–Trinajstić information content (AvgIpc) is 3.49. The number of esters is 1. The zero-order valence-corrected chi connectivity index (χ0v) is 20.1. The Morgan fingerprint density at radius 3 is 2.11 bits per heavy atom. The van der Waals surface area contributed by atoms with Crippen LogP contribution in [0.3, 0.4) is 0 Å². The molecule has 2 heterocycles. The fraction of sp³-hybridized carbons (Fsp3) is 0.207. The van der Waals surface area contributed by atoms with Crippen molar-refractivity contribution in [3.05, 3.63) is 101 Å². The Morgan fingerprint density at radius 2 is 1.50 bits per heavy atom. The van der Waals surface area contributed by atoms with Crippen LogP contribution in [0.15, 0.2) is 72.8 Å². The van der Waals surface area contributed by atoms with Crippen molar-refractivity contribution in [2.24, 2.45) is 11.8 Å². The number of carbonyl (C=O) groups excluding carboxylic acids is 5. The number of hydrogen-bond acceptors (Lipinski definition) is 7. The van der Waals surface area contributed by atoms with Crippen molar-refractivity contribution < 1.29 is 37.8 Å². The van der Waals surface area contributed by atoms with Gasteiger partial charge < -0.3 is 9.47 Å². The van der Waals surface area contributed by atoms with Crippen molar-refractivity contribution in [1.29, 1.82) is 0 Å². The maximum atomic E-state index is 15.0. The molecule has 0 radical (unpaired) electrons. The minimum atomic E-state index is -2.30. The zero-order chi connectivity index (χ0) is 26.8. The van der Waals surface area contributed by atoms with E-state index in [0.29, 0.717) is 0 Å². The van der Waals surface area contributed by atoms with Gasteiger partial charge in [-0.25, -0.2) is 14.1 Å². The van der Waals surface area contributed by atoms with E-state index in [2.05, 4.69) is 0 Å². The number of fused-ring (bicyclic) bond motifs is 3. The Labute approximate surface area is 216 Å². The number of anilines is 1. The molecule has 3 aliphatic rings. The monoisotopic (exact) mass is 513 g/mol. The first-order chi connectivity index (χ1) is 18.3. The lowest BCUT2D eigenvalue weighted by Gasteiger charge is -2.27. The summed E-state index contributed by atoms with van der Waals surface area (Å²) >= 11 is 0. The average molecular weight is 513 g/mol. The van der Waals surface area contributed by atoms with Crippen molar-refractivity contribution in [3.63, 3.8) is 0 Å². The third-order valence-electron chi connectivity index (χ3n) is 7.37. The van der Waals surface area contributed by atoms with Gasteiger partial charge in [0.25, 0.3) is 0 Å². The van der Waals surface area contributed by atoms with Gasteiger partial charge in [-0.05, 0) is 37.3 Å². The summed E-state index contributed by atoms with van der Waals surface area (Å²) in [7, 11) is 0. The van der Waals surface area contributed by atoms with E-state index in [0.717, 1.165) is 4.90 Å². The van der Waals surface area contributed by atoms with Gasteiger partial charge >= 0.3 is 5.97 Å². The number of carbonyl (C=O) groups is 5. The van der Waals surface area contributed by atoms with E-state index in [4.69, 9.17) is 9.47 Å². The van der Waals surface area contributed by atoms with Crippen molar-refractivity contribution in [1.82, 2.24) is 0 Å². The van der Waals surface area contributed by atoms with Crippen LogP contribution in [0.25, 0.3) is 0 Å². The second kappa shape index (κ2) is 8.53. The van der Waals surface area contributed by atoms with Gasteiger partial charge in [0.1, 0.15) is 5.82 Å². The number of amides is 2. The van der Waals surface area contributed by atoms with Crippen LogP contribution < -0.4 is 4.90 Å². The van der Waals surface area contributed by atoms with Gasteiger partial charge in [-0.15, -0.1) is 0 Å². The van der Waals surface area contributed by atoms with Crippen molar-refractivity contribution in [2.45, 2.75) is 18.6 Å². The van der Waals surface area contributed by atoms with E-state index in [1.165, 1.54) is 54.6 Å². The Balaban J connectivity index is 1.48. The fourth-order valence-corrected chi connectivity index (χ4v) is 5.72. The highest BCUT2D eigenvalue weighted by Gasteiger charge is 2.75. The third kappa shape index (κ3) is 3.08. The number of hydrogen-bond donors (Lipinski definition) is 0. The zero-order valence-electron chi connectivity index (χ0n) is 20.1. The first-order valence-electron chi connectivity index (χ1n) is 12.1. The maximum absolute atomic E-state index is 15.0. The minimum Gasteiger partial charge on any atom is -0.462 e. The third-order valence-corrected chi connectivity index (χ3v) is 7.37. The number of halogens is 1. The minimum absolute atomic E-state index is 0.0309. The number of nitrogens with zero attached hydrogens (tertiary/aromatic N) is 1. The number of ether oxygens (including phenoxy) is 2. The summed E-state index contributed by atoms with van der Waals surface area (Å²) in [5.41, 5.74) is -1.80. The lowest BCUT2D eigenvalue weighted by Crippen LogP contribution is -2.51. The van der Waals surface area contributed by atoms with E-state index in [1.807, 2.05) is 0 Å². The summed E-state index contributed by atoms with van der Waals surface area (Å²) in [6, 6.07) is 17.3. The summed E-state index contributed by atoms with van der Waals surface area (Å²) in [5, 5.41) is 0. The molecule has 8 nitrogen and oxygen atoms in total. The molecule has 3 atom stereocenters. The van der Waals surface area contributed by atoms with Crippen LogP contribution in [-0.2, 0) is 19.1 Å². The molecule has 2 fully saturated rings. The highest BCUT2D eigenvalue weighted by Crippen LogP contribution is 2.57. The summed E-state index contributed by atoms with van der Waals surface area (Å²) in [5.74, 6) is -7.09. The van der Waals surface area contributed by atoms with Gasteiger partial charge in [-0.3, -0.25) is 19.2 Å². The summed E-state index contributed by atoms with van der Waals surface area (Å²) < 4.78 is 26.0. The highest BCUT2D eigenvalue weighted by atomic mass is 19.1. The molecule has 2 aliphatic heterocycles. The van der Waals surface area contributed by atoms with Crippen LogP contribution in [0.2, 0.25) is 0 Å². The number of rotatable bonds is 4. The quantitative estimate of drug-likeness (QED) is 0.298. The molecule has 0 bridgehead atoms. The molecule has 6 rings (SSSR count). The molecule has 2 saturated heterocycles. The topological polar surface area (TPSA) is 107 Å². The predicted octanol–water partition coefficient (Wildman–Crippen LogP) is 3.70. The molecular weight excluding hydrogens is 493 g/mol. The van der Waals surface area contributed by atoms with Crippen molar-refractivity contribution in [2.75, 3.05) is 11.5 Å². The van der Waals surface area contributed by atoms with Crippen LogP contribution >= 0.6 is 0 Å². The van der Waals surface area contributed by atoms with Crippen LogP contribution in [0.4, 0.5) is 10.1 Å². The molecule has 0 unspecified atom stereocenters. The number of imide groups is 1. The molecule has 1 spiro atoms. The maximum Gasteiger partial charge on any atom is 0.338 e. The van der Waals surface area contributed by atoms with E-state index < -0.39 is 58.7 Å². The van der Waals surface area contributed by atoms with Gasteiger partial charge in [0.2, 0.25) is 29.0 Å². The normalized spacial score (nSPS) is 23.2. The second-order valence-electron chi connectivity index (χ2n) is 9.28. The molecular formula is C29H20FNO7. The number of benzene rings is 3. The second-order valence-corrected chi connectivity index (χ2v) is 9.28. The molecule has 3 aromatic rings. The molecule has 9 heteroatoms. The van der Waals surface area contributed by atoms with Gasteiger partial charge in [0, 0.05) is 16.7 Å². The summed E-state index contributed by atoms with van der Waals surface area (Å²) in [6.07, 6.45) is -1.36. The van der Waals surface area contributed by atoms with Gasteiger partial charge in [-0.1, -0.05) is 42.5 Å². The molecule has 0 saturated carbocycles. The van der Waals surface area contributed by atoms with Crippen LogP contribution in [0, 0.1) is 17.7 Å². The SMILES string of the molecule is CCOC(=O)c1ccc(N2C(=O)[C@@H]3[C@H](c4ccccc4F)OC4(C(=O)c5ccccc5C4=O)[C@H]3C2=O)cc1. The van der Waals surface area contributed by atoms with E-state index >= 15 is 0 Å². The van der Waals surface area contributed by atoms with E-state index in [9.17, 15) is 28.4 Å². The number of Topliss-reactive ketones (excluding diaryl/α,β-unsaturated/α-hetero) is 2. The molecule has 0 N–H and O–H groups in total. The lowest BCUT2D eigenvalue weighted by atomic mass is 9.77. The smallest absolute Gasteiger partial charge is 0.338 e. The standard InChI is InChI=1S/C29H20FNO7/c1-2-37-28(36)15-11-13-16(14-12-15)31-26(34)21-22(27(31)35)29(38-23(21)19-9-5-6-10-20(19)30)24(32)17-7-3-4-8-18(17)25(29)33/h3-14,21-23H,2H2,1H3/t21-,22+,23-/m0/s1. The highest BCUT2D eigenvalue weighted by molar-refractivity contribution is 6.37. The van der Waals surface area contributed by atoms with Crippen LogP contribution in [0.1, 0.15) is 49.7 Å². The first-order valence-corrected chi connectivity index (χ1v) is 12.1. The Kier molecular flexibility index (Phi) is 5.36. The predicted molar refractivity (Wildman–Crippen MR) is 130 cm³/mol. The van der Waals surface area contributed by atoms with Crippen LogP contribution in [0.5, 0.6) is 0 Å². The molecule has 3 aromatic carbocycles. The summed E-state index contributed by atoms with van der Waals surface area (Å²) in [4.78, 5) is 68.2. The van der Waals surface area contributed by atoms with Crippen molar-refractivity contribution >= 4 is 35.0 Å². The Bertz CT molecular complexity index is 1510. The van der Waals surface area contributed by atoms with Crippen LogP contribution in [-0.4, -0.2) is 41.6 Å². The van der Waals surface area contributed by atoms with Gasteiger partial charge in [-0.2, -0.15) is 0 Å². The Morgan fingerprint density at radius 1 is 0.895 bits per heavy atom. The van der Waals surface area contributed by atoms with Gasteiger partial charge in [0.15, 0.2) is 0 Å². The van der Waals surface area contributed by atoms with Gasteiger partial charge in [0.05, 0.1) is 35.8 Å². The van der Waals surface area contributed by atoms with Crippen molar-refractivity contribution in [3.8, 4) is 0 Å². The molecule has 0 aromatic heterocycles. The van der Waals surface area contributed by atoms with E-state index in [1.54, 1.807) is 25.1 Å². The largest absolute Gasteiger partial charge is 0.462 e. The Hall–Kier alpha value is -4.50. The molecule has 190 valence electrons. The first kappa shape index (κ1) is 23.9. The lowest BCUT2D eigenvalue weighted by molar-refractivity contribution is -0.127. The number of ketones is 2. The van der Waals surface area contributed by atoms with E-state index in [-0.39, 0.29) is 34.5 Å². The molecule has 38 heavy (non-hydrogen) atoms. The fourth-order valence-electron chi connectivity index (χ4n) is 5.72. The molecule has 1 aliphatic carbocycles. The molecule has 2 amide bonds. The summed E-state index contributed by atoms with van der Waals surface area (Å²) in [6.45, 7) is 1.84.